The fourth-order valence-corrected chi connectivity index (χ4v) is 5.97. The quantitative estimate of drug-likeness (QED) is 0.275. The van der Waals surface area contributed by atoms with E-state index in [9.17, 15) is 9.59 Å². The van der Waals surface area contributed by atoms with Gasteiger partial charge in [0.1, 0.15) is 21.2 Å². The molecule has 1 atom stereocenters. The monoisotopic (exact) mass is 511 g/mol. The Hall–Kier alpha value is -4.24. The third-order valence-corrected chi connectivity index (χ3v) is 7.85. The molecule has 0 saturated heterocycles. The number of ether oxygens (including phenoxy) is 1. The normalized spacial score (nSPS) is 17.0. The van der Waals surface area contributed by atoms with Crippen molar-refractivity contribution in [3.8, 4) is 11.5 Å². The molecule has 1 aliphatic carbocycles. The van der Waals surface area contributed by atoms with Crippen molar-refractivity contribution in [2.45, 2.75) is 38.6 Å². The number of aromatic nitrogens is 1. The lowest BCUT2D eigenvalue weighted by Crippen LogP contribution is -2.42. The van der Waals surface area contributed by atoms with Crippen molar-refractivity contribution in [3.63, 3.8) is 0 Å². The molecule has 3 heterocycles. The maximum Gasteiger partial charge on any atom is 0.331 e. The van der Waals surface area contributed by atoms with Gasteiger partial charge in [0.05, 0.1) is 28.5 Å². The SMILES string of the molecule is Cc1cc(Oc2ccccc2)ccc1N1C(=O)Nc2c(C(=O)N[C@H]3CCCCC3=N)sc3nccc1c23. The number of benzene rings is 2. The Morgan fingerprint density at radius 2 is 1.97 bits per heavy atom. The molecular formula is C28H25N5O3S. The van der Waals surface area contributed by atoms with E-state index in [1.54, 1.807) is 17.2 Å². The first kappa shape index (κ1) is 23.2. The van der Waals surface area contributed by atoms with Crippen molar-refractivity contribution < 1.29 is 14.3 Å². The van der Waals surface area contributed by atoms with Crippen LogP contribution in [0.25, 0.3) is 10.2 Å². The molecule has 8 nitrogen and oxygen atoms in total. The lowest BCUT2D eigenvalue weighted by atomic mass is 9.93. The molecule has 1 aliphatic heterocycles. The number of nitrogens with zero attached hydrogens (tertiary/aromatic N) is 2. The standard InChI is InChI=1S/C28H25N5O3S/c1-16-15-18(36-17-7-3-2-4-8-17)11-12-21(16)33-22-13-14-30-27-23(22)24(32-28(33)35)25(37-27)26(34)31-20-10-6-5-9-19(20)29/h2-4,7-8,11-15,20,29H,5-6,9-10H2,1H3,(H,31,34)(H,32,35)/t20-/m0/s1. The van der Waals surface area contributed by atoms with E-state index in [1.807, 2.05) is 55.5 Å². The van der Waals surface area contributed by atoms with Crippen LogP contribution in [0.15, 0.2) is 60.8 Å². The topological polar surface area (TPSA) is 107 Å². The van der Waals surface area contributed by atoms with Crippen LogP contribution >= 0.6 is 11.3 Å². The zero-order valence-electron chi connectivity index (χ0n) is 20.2. The highest BCUT2D eigenvalue weighted by Crippen LogP contribution is 2.46. The number of thiophene rings is 1. The van der Waals surface area contributed by atoms with Crippen LogP contribution in [0, 0.1) is 12.3 Å². The van der Waals surface area contributed by atoms with Crippen LogP contribution in [0.4, 0.5) is 21.9 Å². The molecule has 0 spiro atoms. The second-order valence-corrected chi connectivity index (χ2v) is 10.2. The number of hydrogen-bond acceptors (Lipinski definition) is 6. The predicted octanol–water partition coefficient (Wildman–Crippen LogP) is 6.77. The highest BCUT2D eigenvalue weighted by molar-refractivity contribution is 7.21. The first-order valence-corrected chi connectivity index (χ1v) is 13.1. The fraction of sp³-hybridized carbons (Fsp3) is 0.214. The van der Waals surface area contributed by atoms with Crippen LogP contribution in [-0.2, 0) is 0 Å². The minimum absolute atomic E-state index is 0.263. The molecule has 0 unspecified atom stereocenters. The van der Waals surface area contributed by atoms with Gasteiger partial charge in [-0.15, -0.1) is 11.3 Å². The Morgan fingerprint density at radius 3 is 2.76 bits per heavy atom. The Balaban J connectivity index is 1.34. The number of aryl methyl sites for hydroxylation is 1. The van der Waals surface area contributed by atoms with Crippen LogP contribution in [-0.4, -0.2) is 28.7 Å². The highest BCUT2D eigenvalue weighted by Gasteiger charge is 2.34. The summed E-state index contributed by atoms with van der Waals surface area (Å²) in [5.74, 6) is 1.12. The molecule has 9 heteroatoms. The molecule has 3 N–H and O–H groups in total. The van der Waals surface area contributed by atoms with Crippen molar-refractivity contribution in [1.29, 1.82) is 5.41 Å². The Kier molecular flexibility index (Phi) is 5.84. The number of pyridine rings is 1. The van der Waals surface area contributed by atoms with Crippen LogP contribution in [0.5, 0.6) is 11.5 Å². The molecule has 2 aromatic carbocycles. The Labute approximate surface area is 217 Å². The van der Waals surface area contributed by atoms with Gasteiger partial charge in [-0.3, -0.25) is 9.69 Å². The van der Waals surface area contributed by atoms with E-state index in [0.717, 1.165) is 36.0 Å². The van der Waals surface area contributed by atoms with E-state index in [2.05, 4.69) is 15.6 Å². The van der Waals surface area contributed by atoms with Crippen molar-refractivity contribution in [2.75, 3.05) is 10.2 Å². The van der Waals surface area contributed by atoms with Gasteiger partial charge in [-0.25, -0.2) is 9.78 Å². The van der Waals surface area contributed by atoms with E-state index in [-0.39, 0.29) is 18.0 Å². The van der Waals surface area contributed by atoms with Gasteiger partial charge in [0, 0.05) is 11.9 Å². The number of carbonyl (C=O) groups excluding carboxylic acids is 2. The maximum atomic E-state index is 13.4. The fourth-order valence-electron chi connectivity index (χ4n) is 4.95. The zero-order valence-corrected chi connectivity index (χ0v) is 21.0. The number of amides is 3. The largest absolute Gasteiger partial charge is 0.457 e. The second-order valence-electron chi connectivity index (χ2n) is 9.24. The van der Waals surface area contributed by atoms with E-state index < -0.39 is 0 Å². The van der Waals surface area contributed by atoms with E-state index >= 15 is 0 Å². The van der Waals surface area contributed by atoms with E-state index in [0.29, 0.717) is 44.7 Å². The van der Waals surface area contributed by atoms with Gasteiger partial charge >= 0.3 is 6.03 Å². The number of anilines is 3. The van der Waals surface area contributed by atoms with Crippen LogP contribution in [0.2, 0.25) is 0 Å². The minimum Gasteiger partial charge on any atom is -0.457 e. The summed E-state index contributed by atoms with van der Waals surface area (Å²) in [6, 6.07) is 16.3. The highest BCUT2D eigenvalue weighted by atomic mass is 32.1. The number of rotatable bonds is 5. The smallest absolute Gasteiger partial charge is 0.331 e. The van der Waals surface area contributed by atoms with Gasteiger partial charge in [-0.05, 0) is 68.1 Å². The van der Waals surface area contributed by atoms with Crippen molar-refractivity contribution in [1.82, 2.24) is 10.3 Å². The first-order valence-electron chi connectivity index (χ1n) is 12.2. The summed E-state index contributed by atoms with van der Waals surface area (Å²) in [6.45, 7) is 1.93. The molecule has 1 fully saturated rings. The summed E-state index contributed by atoms with van der Waals surface area (Å²) in [4.78, 5) is 33.9. The number of hydrogen-bond donors (Lipinski definition) is 3. The molecule has 186 valence electrons. The average molecular weight is 512 g/mol. The molecule has 0 bridgehead atoms. The molecule has 0 radical (unpaired) electrons. The summed E-state index contributed by atoms with van der Waals surface area (Å²) in [5, 5.41) is 14.9. The second kappa shape index (κ2) is 9.33. The summed E-state index contributed by atoms with van der Waals surface area (Å²) < 4.78 is 5.95. The van der Waals surface area contributed by atoms with Crippen molar-refractivity contribution >= 4 is 56.3 Å². The number of nitrogens with one attached hydrogen (secondary N) is 3. The summed E-state index contributed by atoms with van der Waals surface area (Å²) >= 11 is 1.25. The molecule has 6 rings (SSSR count). The molecule has 4 aromatic rings. The zero-order chi connectivity index (χ0) is 25.5. The van der Waals surface area contributed by atoms with Gasteiger partial charge in [0.2, 0.25) is 0 Å². The first-order chi connectivity index (χ1) is 18.0. The molecule has 3 amide bonds. The number of urea groups is 1. The van der Waals surface area contributed by atoms with Gasteiger partial charge in [0.15, 0.2) is 0 Å². The summed E-state index contributed by atoms with van der Waals surface area (Å²) in [6.07, 6.45) is 5.09. The Morgan fingerprint density at radius 1 is 1.14 bits per heavy atom. The summed E-state index contributed by atoms with van der Waals surface area (Å²) in [5.41, 5.74) is 3.28. The van der Waals surface area contributed by atoms with Crippen LogP contribution in [0.1, 0.15) is 40.9 Å². The predicted molar refractivity (Wildman–Crippen MR) is 146 cm³/mol. The van der Waals surface area contributed by atoms with Gasteiger partial charge in [-0.1, -0.05) is 24.6 Å². The minimum atomic E-state index is -0.349. The molecule has 37 heavy (non-hydrogen) atoms. The van der Waals surface area contributed by atoms with Crippen LogP contribution < -0.4 is 20.3 Å². The van der Waals surface area contributed by atoms with Gasteiger partial charge in [0.25, 0.3) is 5.91 Å². The Bertz CT molecular complexity index is 1550. The van der Waals surface area contributed by atoms with Crippen molar-refractivity contribution in [3.05, 3.63) is 71.2 Å². The third kappa shape index (κ3) is 4.21. The number of carbonyl (C=O) groups is 2. The molecule has 2 aliphatic rings. The average Bonchev–Trinajstić information content (AvgIpc) is 3.26. The summed E-state index contributed by atoms with van der Waals surface area (Å²) in [7, 11) is 0. The van der Waals surface area contributed by atoms with Crippen molar-refractivity contribution in [2.24, 2.45) is 0 Å². The lowest BCUT2D eigenvalue weighted by molar-refractivity contribution is 0.0948. The van der Waals surface area contributed by atoms with Crippen LogP contribution in [0.3, 0.4) is 0 Å². The molecular weight excluding hydrogens is 486 g/mol. The van der Waals surface area contributed by atoms with Gasteiger partial charge in [-0.2, -0.15) is 0 Å². The molecule has 1 saturated carbocycles. The van der Waals surface area contributed by atoms with E-state index in [1.165, 1.54) is 11.3 Å². The maximum absolute atomic E-state index is 13.4. The third-order valence-electron chi connectivity index (χ3n) is 6.76. The number of para-hydroxylation sites is 1. The van der Waals surface area contributed by atoms with E-state index in [4.69, 9.17) is 10.1 Å². The molecule has 2 aromatic heterocycles. The lowest BCUT2D eigenvalue weighted by Gasteiger charge is -2.30. The van der Waals surface area contributed by atoms with Gasteiger partial charge < -0.3 is 20.8 Å².